The molecule has 98 valence electrons. The van der Waals surface area contributed by atoms with Crippen LogP contribution in [0, 0.1) is 0 Å². The summed E-state index contributed by atoms with van der Waals surface area (Å²) in [4.78, 5) is 18.3. The maximum Gasteiger partial charge on any atom is 0.251 e. The lowest BCUT2D eigenvalue weighted by Gasteiger charge is -2.19. The van der Waals surface area contributed by atoms with Gasteiger partial charge >= 0.3 is 0 Å². The summed E-state index contributed by atoms with van der Waals surface area (Å²) < 4.78 is 0. The summed E-state index contributed by atoms with van der Waals surface area (Å²) >= 11 is 0. The average Bonchev–Trinajstić information content (AvgIpc) is 2.81. The molecule has 1 saturated heterocycles. The Kier molecular flexibility index (Phi) is 4.28. The van der Waals surface area contributed by atoms with E-state index in [1.165, 1.54) is 6.42 Å². The summed E-state index contributed by atoms with van der Waals surface area (Å²) in [5.41, 5.74) is 6.88. The number of nitrogens with zero attached hydrogens (tertiary/aromatic N) is 2. The van der Waals surface area contributed by atoms with Crippen molar-refractivity contribution >= 4 is 5.91 Å². The molecule has 3 N–H and O–H groups in total. The first-order chi connectivity index (χ1) is 8.70. The van der Waals surface area contributed by atoms with Gasteiger partial charge in [0.25, 0.3) is 5.91 Å². The molecule has 0 saturated carbocycles. The number of nitrogens with one attached hydrogen (secondary N) is 1. The molecule has 1 unspecified atom stereocenters. The van der Waals surface area contributed by atoms with E-state index in [4.69, 9.17) is 5.73 Å². The Morgan fingerprint density at radius 3 is 3.17 bits per heavy atom. The van der Waals surface area contributed by atoms with Gasteiger partial charge in [0.05, 0.1) is 5.69 Å². The first-order valence-electron chi connectivity index (χ1n) is 6.34. The minimum Gasteiger partial charge on any atom is -0.350 e. The third-order valence-corrected chi connectivity index (χ3v) is 3.46. The quantitative estimate of drug-likeness (QED) is 0.807. The number of hydrogen-bond donors (Lipinski definition) is 2. The van der Waals surface area contributed by atoms with Crippen molar-refractivity contribution in [1.29, 1.82) is 0 Å². The molecule has 0 aromatic carbocycles. The maximum absolute atomic E-state index is 12.0. The van der Waals surface area contributed by atoms with Crippen LogP contribution >= 0.6 is 0 Å². The molecular formula is C13H20N4O. The molecule has 1 aromatic rings. The standard InChI is InChI=1S/C13H20N4O/c1-17-6-2-3-12(17)9-16-13(18)10-4-5-15-11(7-10)8-14/h4-5,7,12H,2-3,6,8-9,14H2,1H3,(H,16,18). The fraction of sp³-hybridized carbons (Fsp3) is 0.538. The number of likely N-dealkylation sites (tertiary alicyclic amines) is 1. The van der Waals surface area contributed by atoms with Gasteiger partial charge in [-0.25, -0.2) is 0 Å². The van der Waals surface area contributed by atoms with Crippen molar-refractivity contribution in [1.82, 2.24) is 15.2 Å². The molecule has 0 radical (unpaired) electrons. The molecule has 1 atom stereocenters. The highest BCUT2D eigenvalue weighted by molar-refractivity contribution is 5.94. The van der Waals surface area contributed by atoms with E-state index in [1.807, 2.05) is 0 Å². The fourth-order valence-corrected chi connectivity index (χ4v) is 2.28. The van der Waals surface area contributed by atoms with Crippen molar-refractivity contribution in [2.24, 2.45) is 5.73 Å². The van der Waals surface area contributed by atoms with Crippen LogP contribution in [-0.4, -0.2) is 42.0 Å². The highest BCUT2D eigenvalue weighted by atomic mass is 16.1. The summed E-state index contributed by atoms with van der Waals surface area (Å²) in [6, 6.07) is 3.92. The van der Waals surface area contributed by atoms with Crippen molar-refractivity contribution in [3.8, 4) is 0 Å². The van der Waals surface area contributed by atoms with Crippen LogP contribution in [0.25, 0.3) is 0 Å². The molecule has 1 aliphatic heterocycles. The predicted octanol–water partition coefficient (Wildman–Crippen LogP) is 0.364. The number of hydrogen-bond acceptors (Lipinski definition) is 4. The Morgan fingerprint density at radius 1 is 1.67 bits per heavy atom. The van der Waals surface area contributed by atoms with Gasteiger partial charge in [0.15, 0.2) is 0 Å². The molecule has 5 nitrogen and oxygen atoms in total. The van der Waals surface area contributed by atoms with Crippen LogP contribution in [0.15, 0.2) is 18.3 Å². The lowest BCUT2D eigenvalue weighted by molar-refractivity contribution is 0.0943. The number of likely N-dealkylation sites (N-methyl/N-ethyl adjacent to an activating group) is 1. The number of rotatable bonds is 4. The molecule has 18 heavy (non-hydrogen) atoms. The predicted molar refractivity (Wildman–Crippen MR) is 70.1 cm³/mol. The lowest BCUT2D eigenvalue weighted by atomic mass is 10.2. The number of nitrogens with two attached hydrogens (primary N) is 1. The Hall–Kier alpha value is -1.46. The van der Waals surface area contributed by atoms with Crippen LogP contribution < -0.4 is 11.1 Å². The van der Waals surface area contributed by atoms with Crippen molar-refractivity contribution in [3.05, 3.63) is 29.6 Å². The highest BCUT2D eigenvalue weighted by Crippen LogP contribution is 2.13. The second kappa shape index (κ2) is 5.93. The topological polar surface area (TPSA) is 71.2 Å². The van der Waals surface area contributed by atoms with Crippen LogP contribution in [0.4, 0.5) is 0 Å². The third kappa shape index (κ3) is 3.05. The number of carbonyl (C=O) groups is 1. The number of carbonyl (C=O) groups excluding carboxylic acids is 1. The summed E-state index contributed by atoms with van der Waals surface area (Å²) in [6.07, 6.45) is 3.99. The van der Waals surface area contributed by atoms with Crippen LogP contribution in [0.1, 0.15) is 28.9 Å². The molecule has 0 spiro atoms. The zero-order valence-electron chi connectivity index (χ0n) is 10.7. The van der Waals surface area contributed by atoms with Crippen molar-refractivity contribution in [2.45, 2.75) is 25.4 Å². The molecule has 1 fully saturated rings. The Balaban J connectivity index is 1.90. The van der Waals surface area contributed by atoms with E-state index in [0.717, 1.165) is 18.7 Å². The largest absolute Gasteiger partial charge is 0.350 e. The van der Waals surface area contributed by atoms with Gasteiger partial charge in [0.2, 0.25) is 0 Å². The van der Waals surface area contributed by atoms with Crippen LogP contribution in [0.3, 0.4) is 0 Å². The van der Waals surface area contributed by atoms with Gasteiger partial charge in [-0.15, -0.1) is 0 Å². The van der Waals surface area contributed by atoms with E-state index in [1.54, 1.807) is 18.3 Å². The molecule has 1 aromatic heterocycles. The number of aromatic nitrogens is 1. The molecule has 2 rings (SSSR count). The van der Waals surface area contributed by atoms with Crippen LogP contribution in [0.2, 0.25) is 0 Å². The zero-order chi connectivity index (χ0) is 13.0. The van der Waals surface area contributed by atoms with Gasteiger partial charge in [-0.05, 0) is 38.6 Å². The molecule has 5 heteroatoms. The number of pyridine rings is 1. The van der Waals surface area contributed by atoms with Crippen molar-refractivity contribution in [3.63, 3.8) is 0 Å². The molecular weight excluding hydrogens is 228 g/mol. The average molecular weight is 248 g/mol. The summed E-state index contributed by atoms with van der Waals surface area (Å²) in [5.74, 6) is -0.0487. The maximum atomic E-state index is 12.0. The molecule has 0 aliphatic carbocycles. The van der Waals surface area contributed by atoms with Crippen LogP contribution in [-0.2, 0) is 6.54 Å². The van der Waals surface area contributed by atoms with Gasteiger partial charge in [0, 0.05) is 30.9 Å². The molecule has 1 aliphatic rings. The smallest absolute Gasteiger partial charge is 0.251 e. The second-order valence-electron chi connectivity index (χ2n) is 4.73. The second-order valence-corrected chi connectivity index (χ2v) is 4.73. The van der Waals surface area contributed by atoms with Gasteiger partial charge in [-0.3, -0.25) is 9.78 Å². The number of amides is 1. The third-order valence-electron chi connectivity index (χ3n) is 3.46. The van der Waals surface area contributed by atoms with E-state index < -0.39 is 0 Å². The van der Waals surface area contributed by atoms with Gasteiger partial charge in [0.1, 0.15) is 0 Å². The summed E-state index contributed by atoms with van der Waals surface area (Å²) in [5, 5.41) is 2.97. The Bertz CT molecular complexity index is 421. The van der Waals surface area contributed by atoms with E-state index in [2.05, 4.69) is 22.2 Å². The van der Waals surface area contributed by atoms with Crippen molar-refractivity contribution in [2.75, 3.05) is 20.1 Å². The van der Waals surface area contributed by atoms with E-state index >= 15 is 0 Å². The Morgan fingerprint density at radius 2 is 2.50 bits per heavy atom. The van der Waals surface area contributed by atoms with E-state index in [0.29, 0.717) is 24.7 Å². The molecule has 2 heterocycles. The SMILES string of the molecule is CN1CCCC1CNC(=O)c1ccnc(CN)c1. The molecule has 0 bridgehead atoms. The fourth-order valence-electron chi connectivity index (χ4n) is 2.28. The normalized spacial score (nSPS) is 20.0. The van der Waals surface area contributed by atoms with Gasteiger partial charge < -0.3 is 16.0 Å². The summed E-state index contributed by atoms with van der Waals surface area (Å²) in [7, 11) is 2.10. The minimum atomic E-state index is -0.0487. The van der Waals surface area contributed by atoms with Gasteiger partial charge in [-0.1, -0.05) is 0 Å². The molecule has 1 amide bonds. The van der Waals surface area contributed by atoms with E-state index in [9.17, 15) is 4.79 Å². The monoisotopic (exact) mass is 248 g/mol. The first-order valence-corrected chi connectivity index (χ1v) is 6.34. The summed E-state index contributed by atoms with van der Waals surface area (Å²) in [6.45, 7) is 2.18. The zero-order valence-corrected chi connectivity index (χ0v) is 10.7. The highest BCUT2D eigenvalue weighted by Gasteiger charge is 2.21. The Labute approximate surface area is 107 Å². The minimum absolute atomic E-state index is 0.0487. The van der Waals surface area contributed by atoms with Gasteiger partial charge in [-0.2, -0.15) is 0 Å². The first kappa shape index (κ1) is 13.0. The van der Waals surface area contributed by atoms with Crippen molar-refractivity contribution < 1.29 is 4.79 Å². The van der Waals surface area contributed by atoms with E-state index in [-0.39, 0.29) is 5.91 Å². The van der Waals surface area contributed by atoms with Crippen LogP contribution in [0.5, 0.6) is 0 Å². The lowest BCUT2D eigenvalue weighted by Crippen LogP contribution is -2.38.